The Hall–Kier alpha value is -2.37. The number of carbonyl (C=O) groups is 2. The van der Waals surface area contributed by atoms with Gasteiger partial charge in [-0.3, -0.25) is 4.79 Å². The largest absolute Gasteiger partial charge is 0.488 e. The number of hydrogen-bond acceptors (Lipinski definition) is 7. The summed E-state index contributed by atoms with van der Waals surface area (Å²) in [5.74, 6) is -0.211. The Kier molecular flexibility index (Phi) is 5.95. The second-order valence-corrected chi connectivity index (χ2v) is 6.54. The van der Waals surface area contributed by atoms with Crippen LogP contribution in [-0.2, 0) is 11.3 Å². The van der Waals surface area contributed by atoms with Gasteiger partial charge in [0.05, 0.1) is 17.7 Å². The molecule has 124 valence electrons. The first-order valence-electron chi connectivity index (χ1n) is 6.87. The standard InChI is InChI=1S/C16H13BrN2O4S/c1-2-22-16(21)14-12(11(6-18)15(19)24-14)8-23-13-4-3-10(17)5-9(13)7-20/h3-5,7H,2,8,19H2,1H3. The van der Waals surface area contributed by atoms with Crippen LogP contribution in [0.2, 0.25) is 0 Å². The molecule has 0 unspecified atom stereocenters. The number of halogens is 1. The molecule has 8 heteroatoms. The fourth-order valence-corrected chi connectivity index (χ4v) is 3.30. The zero-order chi connectivity index (χ0) is 17.7. The van der Waals surface area contributed by atoms with Crippen LogP contribution in [-0.4, -0.2) is 18.9 Å². The Bertz CT molecular complexity index is 826. The number of esters is 1. The molecule has 0 saturated heterocycles. The molecular formula is C16H13BrN2O4S. The summed E-state index contributed by atoms with van der Waals surface area (Å²) in [7, 11) is 0. The summed E-state index contributed by atoms with van der Waals surface area (Å²) < 4.78 is 11.4. The monoisotopic (exact) mass is 408 g/mol. The van der Waals surface area contributed by atoms with Gasteiger partial charge in [0, 0.05) is 10.0 Å². The molecule has 0 amide bonds. The SMILES string of the molecule is CCOC(=O)c1sc(N)c(C#N)c1COc1ccc(Br)cc1C=O. The molecule has 0 atom stereocenters. The molecule has 2 aromatic rings. The molecule has 0 aliphatic rings. The summed E-state index contributed by atoms with van der Waals surface area (Å²) in [6.45, 7) is 1.82. The molecule has 0 radical (unpaired) electrons. The zero-order valence-corrected chi connectivity index (χ0v) is 15.1. The molecule has 0 aliphatic heterocycles. The Balaban J connectivity index is 2.34. The number of thiophene rings is 1. The Morgan fingerprint density at radius 1 is 1.50 bits per heavy atom. The Morgan fingerprint density at radius 2 is 2.25 bits per heavy atom. The van der Waals surface area contributed by atoms with E-state index in [1.54, 1.807) is 25.1 Å². The van der Waals surface area contributed by atoms with E-state index in [1.165, 1.54) is 0 Å². The number of carbonyl (C=O) groups excluding carboxylic acids is 2. The fourth-order valence-electron chi connectivity index (χ4n) is 2.00. The van der Waals surface area contributed by atoms with Gasteiger partial charge in [0.25, 0.3) is 0 Å². The lowest BCUT2D eigenvalue weighted by Gasteiger charge is -2.10. The summed E-state index contributed by atoms with van der Waals surface area (Å²) >= 11 is 4.26. The summed E-state index contributed by atoms with van der Waals surface area (Å²) in [5, 5.41) is 9.49. The Labute approximate surface area is 150 Å². The van der Waals surface area contributed by atoms with E-state index in [2.05, 4.69) is 15.9 Å². The summed E-state index contributed by atoms with van der Waals surface area (Å²) in [6.07, 6.45) is 0.666. The number of nitrogen functional groups attached to an aromatic ring is 1. The van der Waals surface area contributed by atoms with Gasteiger partial charge in [0.15, 0.2) is 6.29 Å². The van der Waals surface area contributed by atoms with E-state index >= 15 is 0 Å². The van der Waals surface area contributed by atoms with Crippen LogP contribution in [0.1, 0.15) is 38.1 Å². The van der Waals surface area contributed by atoms with Crippen LogP contribution < -0.4 is 10.5 Å². The van der Waals surface area contributed by atoms with Crippen LogP contribution in [0.4, 0.5) is 5.00 Å². The lowest BCUT2D eigenvalue weighted by atomic mass is 10.1. The van der Waals surface area contributed by atoms with Crippen LogP contribution in [0, 0.1) is 11.3 Å². The van der Waals surface area contributed by atoms with Crippen molar-refractivity contribution < 1.29 is 19.1 Å². The number of nitrogens with zero attached hydrogens (tertiary/aromatic N) is 1. The molecule has 2 N–H and O–H groups in total. The average molecular weight is 409 g/mol. The van der Waals surface area contributed by atoms with Crippen molar-refractivity contribution in [2.24, 2.45) is 0 Å². The highest BCUT2D eigenvalue weighted by Gasteiger charge is 2.23. The third kappa shape index (κ3) is 3.75. The first-order valence-corrected chi connectivity index (χ1v) is 8.48. The smallest absolute Gasteiger partial charge is 0.348 e. The van der Waals surface area contributed by atoms with Gasteiger partial charge in [-0.2, -0.15) is 5.26 Å². The van der Waals surface area contributed by atoms with Gasteiger partial charge < -0.3 is 15.2 Å². The summed E-state index contributed by atoms with van der Waals surface area (Å²) in [6, 6.07) is 6.94. The van der Waals surface area contributed by atoms with Crippen LogP contribution in [0.5, 0.6) is 5.75 Å². The first-order chi connectivity index (χ1) is 11.5. The number of anilines is 1. The highest BCUT2D eigenvalue weighted by atomic mass is 79.9. The van der Waals surface area contributed by atoms with Gasteiger partial charge in [-0.25, -0.2) is 4.79 Å². The van der Waals surface area contributed by atoms with Crippen molar-refractivity contribution in [1.82, 2.24) is 0 Å². The number of nitriles is 1. The molecular weight excluding hydrogens is 396 g/mol. The molecule has 1 aromatic heterocycles. The lowest BCUT2D eigenvalue weighted by Crippen LogP contribution is -2.08. The van der Waals surface area contributed by atoms with Crippen molar-refractivity contribution in [2.45, 2.75) is 13.5 Å². The lowest BCUT2D eigenvalue weighted by molar-refractivity contribution is 0.0529. The molecule has 0 bridgehead atoms. The van der Waals surface area contributed by atoms with Crippen molar-refractivity contribution in [2.75, 3.05) is 12.3 Å². The van der Waals surface area contributed by atoms with Gasteiger partial charge in [0.2, 0.25) is 0 Å². The molecule has 0 spiro atoms. The topological polar surface area (TPSA) is 102 Å². The molecule has 24 heavy (non-hydrogen) atoms. The number of benzene rings is 1. The fraction of sp³-hybridized carbons (Fsp3) is 0.188. The second kappa shape index (κ2) is 7.95. The van der Waals surface area contributed by atoms with E-state index in [9.17, 15) is 14.9 Å². The molecule has 1 aromatic carbocycles. The number of nitrogens with two attached hydrogens (primary N) is 1. The molecule has 1 heterocycles. The van der Waals surface area contributed by atoms with Crippen LogP contribution >= 0.6 is 27.3 Å². The predicted molar refractivity (Wildman–Crippen MR) is 93.3 cm³/mol. The zero-order valence-electron chi connectivity index (χ0n) is 12.7. The predicted octanol–water partition coefficient (Wildman–Crippen LogP) is 3.53. The average Bonchev–Trinajstić information content (AvgIpc) is 2.89. The van der Waals surface area contributed by atoms with Crippen LogP contribution in [0.25, 0.3) is 0 Å². The van der Waals surface area contributed by atoms with Crippen LogP contribution in [0.3, 0.4) is 0 Å². The van der Waals surface area contributed by atoms with Gasteiger partial charge in [-0.15, -0.1) is 11.3 Å². The first kappa shape index (κ1) is 18.0. The van der Waals surface area contributed by atoms with Crippen molar-refractivity contribution in [3.63, 3.8) is 0 Å². The summed E-state index contributed by atoms with van der Waals surface area (Å²) in [5.41, 5.74) is 6.70. The number of ether oxygens (including phenoxy) is 2. The molecule has 0 fully saturated rings. The van der Waals surface area contributed by atoms with Crippen LogP contribution in [0.15, 0.2) is 22.7 Å². The third-order valence-corrected chi connectivity index (χ3v) is 4.61. The van der Waals surface area contributed by atoms with Crippen molar-refractivity contribution in [3.8, 4) is 11.8 Å². The van der Waals surface area contributed by atoms with E-state index in [0.29, 0.717) is 23.2 Å². The number of aldehydes is 1. The van der Waals surface area contributed by atoms with Crippen molar-refractivity contribution in [1.29, 1.82) is 5.26 Å². The van der Waals surface area contributed by atoms with Gasteiger partial charge >= 0.3 is 5.97 Å². The summed E-state index contributed by atoms with van der Waals surface area (Å²) in [4.78, 5) is 23.4. The third-order valence-electron chi connectivity index (χ3n) is 3.08. The van der Waals surface area contributed by atoms with Crippen molar-refractivity contribution in [3.05, 3.63) is 44.2 Å². The molecule has 0 saturated carbocycles. The van der Waals surface area contributed by atoms with Crippen molar-refractivity contribution >= 4 is 44.5 Å². The minimum Gasteiger partial charge on any atom is -0.488 e. The number of hydrogen-bond donors (Lipinski definition) is 1. The highest BCUT2D eigenvalue weighted by molar-refractivity contribution is 9.10. The maximum atomic E-state index is 12.0. The maximum Gasteiger partial charge on any atom is 0.348 e. The maximum absolute atomic E-state index is 12.0. The highest BCUT2D eigenvalue weighted by Crippen LogP contribution is 2.32. The van der Waals surface area contributed by atoms with E-state index in [4.69, 9.17) is 15.2 Å². The van der Waals surface area contributed by atoms with E-state index in [0.717, 1.165) is 15.8 Å². The molecule has 0 aliphatic carbocycles. The van der Waals surface area contributed by atoms with Gasteiger partial charge in [-0.1, -0.05) is 15.9 Å². The normalized spacial score (nSPS) is 10.0. The quantitative estimate of drug-likeness (QED) is 0.579. The molecule has 2 rings (SSSR count). The van der Waals surface area contributed by atoms with Gasteiger partial charge in [0.1, 0.15) is 28.3 Å². The van der Waals surface area contributed by atoms with E-state index < -0.39 is 5.97 Å². The van der Waals surface area contributed by atoms with Gasteiger partial charge in [-0.05, 0) is 25.1 Å². The van der Waals surface area contributed by atoms with E-state index in [1.807, 2.05) is 6.07 Å². The Morgan fingerprint density at radius 3 is 2.88 bits per heavy atom. The minimum atomic E-state index is -0.555. The second-order valence-electron chi connectivity index (χ2n) is 4.57. The number of rotatable bonds is 6. The molecule has 6 nitrogen and oxygen atoms in total. The van der Waals surface area contributed by atoms with E-state index in [-0.39, 0.29) is 28.7 Å². The minimum absolute atomic E-state index is 0.0762.